The molecule has 9 nitrogen and oxygen atoms in total. The van der Waals surface area contributed by atoms with Crippen LogP contribution in [-0.2, 0) is 24.0 Å². The van der Waals surface area contributed by atoms with Gasteiger partial charge >= 0.3 is 0 Å². The molecule has 4 rings (SSSR count). The van der Waals surface area contributed by atoms with E-state index in [1.54, 1.807) is 4.90 Å². The maximum atomic E-state index is 14.1. The number of ketones is 1. The monoisotopic (exact) mass is 558 g/mol. The number of Topliss-reactive ketones (excluding diaryl/α,β-unsaturated/α-hetero) is 1. The molecule has 0 aromatic rings. The van der Waals surface area contributed by atoms with Gasteiger partial charge in [-0.2, -0.15) is 0 Å². The van der Waals surface area contributed by atoms with Crippen molar-refractivity contribution in [3.05, 3.63) is 0 Å². The second kappa shape index (κ2) is 13.0. The molecule has 224 valence electrons. The Labute approximate surface area is 239 Å². The third kappa shape index (κ3) is 7.43. The van der Waals surface area contributed by atoms with Crippen molar-refractivity contribution in [1.82, 2.24) is 20.9 Å². The number of carbonyl (C=O) groups excluding carboxylic acids is 5. The summed E-state index contributed by atoms with van der Waals surface area (Å²) in [5, 5.41) is 8.66. The lowest BCUT2D eigenvalue weighted by Crippen LogP contribution is -2.60. The fourth-order valence-electron chi connectivity index (χ4n) is 7.01. The second-order valence-electron chi connectivity index (χ2n) is 13.8. The lowest BCUT2D eigenvalue weighted by Gasteiger charge is -2.37. The first-order valence-corrected chi connectivity index (χ1v) is 15.7. The summed E-state index contributed by atoms with van der Waals surface area (Å²) in [4.78, 5) is 68.2. The molecule has 3 aliphatic carbocycles. The molecular weight excluding hydrogens is 508 g/mol. The van der Waals surface area contributed by atoms with Gasteiger partial charge in [-0.1, -0.05) is 59.8 Å². The normalized spacial score (nSPS) is 26.5. The smallest absolute Gasteiger partial charge is 0.289 e. The van der Waals surface area contributed by atoms with Gasteiger partial charge in [-0.05, 0) is 68.1 Å². The lowest BCUT2D eigenvalue weighted by atomic mass is 9.84. The predicted molar refractivity (Wildman–Crippen MR) is 152 cm³/mol. The van der Waals surface area contributed by atoms with Crippen LogP contribution in [0.25, 0.3) is 0 Å². The van der Waals surface area contributed by atoms with Gasteiger partial charge in [-0.3, -0.25) is 24.0 Å². The SMILES string of the molecule is CCCC(NC(=O)C1C2CCCC2CN1C(=O)C(NC(=O)CC1CCCCC1)C(C)(C)C)C(=O)C(=O)NC1CC1. The molecule has 1 saturated heterocycles. The first-order chi connectivity index (χ1) is 19.0. The van der Waals surface area contributed by atoms with Crippen molar-refractivity contribution >= 4 is 29.4 Å². The average Bonchev–Trinajstić information content (AvgIpc) is 3.46. The third-order valence-corrected chi connectivity index (χ3v) is 9.41. The first-order valence-electron chi connectivity index (χ1n) is 15.7. The largest absolute Gasteiger partial charge is 0.347 e. The predicted octanol–water partition coefficient (Wildman–Crippen LogP) is 3.25. The Bertz CT molecular complexity index is 965. The van der Waals surface area contributed by atoms with Crippen LogP contribution in [0.2, 0.25) is 0 Å². The minimum atomic E-state index is -0.915. The topological polar surface area (TPSA) is 125 Å². The van der Waals surface area contributed by atoms with E-state index in [2.05, 4.69) is 16.0 Å². The van der Waals surface area contributed by atoms with E-state index in [9.17, 15) is 24.0 Å². The number of amides is 4. The summed E-state index contributed by atoms with van der Waals surface area (Å²) in [7, 11) is 0. The standard InChI is InChI=1S/C31H50N4O5/c1-5-10-23(26(37)29(39)32-21-15-16-21)33-28(38)25-22-14-9-13-20(22)18-35(25)30(40)27(31(2,3)4)34-24(36)17-19-11-7-6-8-12-19/h19-23,25,27H,5-18H2,1-4H3,(H,32,39)(H,33,38)(H,34,36). The molecule has 0 aromatic heterocycles. The minimum absolute atomic E-state index is 0.0141. The number of hydrogen-bond donors (Lipinski definition) is 3. The number of rotatable bonds is 11. The van der Waals surface area contributed by atoms with Crippen LogP contribution in [0, 0.1) is 23.2 Å². The van der Waals surface area contributed by atoms with E-state index in [0.29, 0.717) is 31.7 Å². The molecule has 4 fully saturated rings. The molecule has 5 unspecified atom stereocenters. The molecule has 0 aromatic carbocycles. The Morgan fingerprint density at radius 1 is 0.875 bits per heavy atom. The molecule has 3 saturated carbocycles. The highest BCUT2D eigenvalue weighted by molar-refractivity contribution is 6.38. The Balaban J connectivity index is 1.48. The minimum Gasteiger partial charge on any atom is -0.347 e. The number of nitrogens with one attached hydrogen (secondary N) is 3. The van der Waals surface area contributed by atoms with Crippen LogP contribution in [0.1, 0.15) is 111 Å². The van der Waals surface area contributed by atoms with Gasteiger partial charge in [0.15, 0.2) is 0 Å². The molecule has 3 N–H and O–H groups in total. The summed E-state index contributed by atoms with van der Waals surface area (Å²) in [6.07, 6.45) is 11.6. The highest BCUT2D eigenvalue weighted by Gasteiger charge is 2.52. The van der Waals surface area contributed by atoms with E-state index in [4.69, 9.17) is 0 Å². The summed E-state index contributed by atoms with van der Waals surface area (Å²) in [5.41, 5.74) is -0.542. The van der Waals surface area contributed by atoms with E-state index in [-0.39, 0.29) is 35.6 Å². The van der Waals surface area contributed by atoms with Gasteiger partial charge in [-0.25, -0.2) is 0 Å². The van der Waals surface area contributed by atoms with Crippen molar-refractivity contribution in [2.75, 3.05) is 6.54 Å². The van der Waals surface area contributed by atoms with Crippen molar-refractivity contribution in [3.8, 4) is 0 Å². The fraction of sp³-hybridized carbons (Fsp3) is 0.839. The second-order valence-corrected chi connectivity index (χ2v) is 13.8. The maximum Gasteiger partial charge on any atom is 0.289 e. The van der Waals surface area contributed by atoms with E-state index in [1.165, 1.54) is 6.42 Å². The van der Waals surface area contributed by atoms with Gasteiger partial charge in [0.2, 0.25) is 23.5 Å². The summed E-state index contributed by atoms with van der Waals surface area (Å²) in [5.74, 6) is -1.37. The molecule has 9 heteroatoms. The van der Waals surface area contributed by atoms with Gasteiger partial charge in [-0.15, -0.1) is 0 Å². The molecule has 5 atom stereocenters. The number of hydrogen-bond acceptors (Lipinski definition) is 5. The van der Waals surface area contributed by atoms with Crippen LogP contribution in [0.5, 0.6) is 0 Å². The molecule has 0 radical (unpaired) electrons. The quantitative estimate of drug-likeness (QED) is 0.336. The summed E-state index contributed by atoms with van der Waals surface area (Å²) >= 11 is 0. The zero-order valence-electron chi connectivity index (χ0n) is 24.9. The molecule has 4 aliphatic rings. The van der Waals surface area contributed by atoms with Crippen LogP contribution in [0.15, 0.2) is 0 Å². The molecule has 0 spiro atoms. The summed E-state index contributed by atoms with van der Waals surface area (Å²) < 4.78 is 0. The molecule has 1 heterocycles. The van der Waals surface area contributed by atoms with Gasteiger partial charge < -0.3 is 20.9 Å². The molecule has 40 heavy (non-hydrogen) atoms. The Morgan fingerprint density at radius 3 is 2.20 bits per heavy atom. The highest BCUT2D eigenvalue weighted by atomic mass is 16.2. The maximum absolute atomic E-state index is 14.1. The van der Waals surface area contributed by atoms with Crippen LogP contribution >= 0.6 is 0 Å². The third-order valence-electron chi connectivity index (χ3n) is 9.41. The molecule has 0 bridgehead atoms. The van der Waals surface area contributed by atoms with Gasteiger partial charge in [0.25, 0.3) is 5.91 Å². The van der Waals surface area contributed by atoms with Crippen molar-refractivity contribution in [3.63, 3.8) is 0 Å². The van der Waals surface area contributed by atoms with Crippen molar-refractivity contribution in [2.45, 2.75) is 135 Å². The summed E-state index contributed by atoms with van der Waals surface area (Å²) in [6, 6.07) is -2.32. The molecule has 4 amide bonds. The Hall–Kier alpha value is -2.45. The summed E-state index contributed by atoms with van der Waals surface area (Å²) in [6.45, 7) is 8.21. The van der Waals surface area contributed by atoms with Crippen molar-refractivity contribution in [1.29, 1.82) is 0 Å². The van der Waals surface area contributed by atoms with Crippen molar-refractivity contribution < 1.29 is 24.0 Å². The number of likely N-dealkylation sites (tertiary alicyclic amines) is 1. The number of fused-ring (bicyclic) bond motifs is 1. The van der Waals surface area contributed by atoms with Crippen LogP contribution < -0.4 is 16.0 Å². The number of carbonyl (C=O) groups is 5. The van der Waals surface area contributed by atoms with Crippen LogP contribution in [-0.4, -0.2) is 65.0 Å². The van der Waals surface area contributed by atoms with E-state index in [0.717, 1.165) is 57.8 Å². The highest BCUT2D eigenvalue weighted by Crippen LogP contribution is 2.43. The van der Waals surface area contributed by atoms with E-state index < -0.39 is 35.2 Å². The number of nitrogens with zero attached hydrogens (tertiary/aromatic N) is 1. The van der Waals surface area contributed by atoms with E-state index >= 15 is 0 Å². The zero-order valence-corrected chi connectivity index (χ0v) is 24.9. The van der Waals surface area contributed by atoms with Crippen LogP contribution in [0.4, 0.5) is 0 Å². The molecule has 1 aliphatic heterocycles. The van der Waals surface area contributed by atoms with Gasteiger partial charge in [0.1, 0.15) is 12.1 Å². The Kier molecular flexibility index (Phi) is 9.93. The van der Waals surface area contributed by atoms with E-state index in [1.807, 2.05) is 27.7 Å². The Morgan fingerprint density at radius 2 is 1.57 bits per heavy atom. The fourth-order valence-corrected chi connectivity index (χ4v) is 7.01. The average molecular weight is 559 g/mol. The zero-order chi connectivity index (χ0) is 29.0. The lowest BCUT2D eigenvalue weighted by molar-refractivity contribution is -0.146. The van der Waals surface area contributed by atoms with Crippen molar-refractivity contribution in [2.24, 2.45) is 23.2 Å². The van der Waals surface area contributed by atoms with Gasteiger partial charge in [0, 0.05) is 19.0 Å². The van der Waals surface area contributed by atoms with Gasteiger partial charge in [0.05, 0.1) is 6.04 Å². The first kappa shape index (κ1) is 30.5. The van der Waals surface area contributed by atoms with Crippen LogP contribution in [0.3, 0.4) is 0 Å². The molecular formula is C31H50N4O5.